The van der Waals surface area contributed by atoms with Crippen LogP contribution in [0.3, 0.4) is 0 Å². The van der Waals surface area contributed by atoms with E-state index in [9.17, 15) is 4.39 Å². The van der Waals surface area contributed by atoms with Gasteiger partial charge in [0, 0.05) is 6.04 Å². The Morgan fingerprint density at radius 1 is 1.50 bits per heavy atom. The molecule has 16 heavy (non-hydrogen) atoms. The Hall–Kier alpha value is -0.600. The van der Waals surface area contributed by atoms with Crippen LogP contribution in [0.4, 0.5) is 4.39 Å². The minimum atomic E-state index is -0.356. The van der Waals surface area contributed by atoms with Crippen molar-refractivity contribution < 1.29 is 4.39 Å². The van der Waals surface area contributed by atoms with Crippen molar-refractivity contribution in [3.8, 4) is 0 Å². The summed E-state index contributed by atoms with van der Waals surface area (Å²) in [6, 6.07) is 5.06. The van der Waals surface area contributed by atoms with Gasteiger partial charge in [-0.2, -0.15) is 0 Å². The molecule has 0 amide bonds. The van der Waals surface area contributed by atoms with E-state index >= 15 is 0 Å². The molecular formula is C13H17ClFN. The standard InChI is InChI=1S/C13H17ClFN/c1-8(10-3-4-10)13(16)7-9-2-5-11(14)12(15)6-9/h2,5-6,8,10,13H,3-4,7,16H2,1H3. The maximum atomic E-state index is 13.2. The molecule has 1 aliphatic carbocycles. The van der Waals surface area contributed by atoms with Crippen LogP contribution in [0.2, 0.25) is 5.02 Å². The highest BCUT2D eigenvalue weighted by atomic mass is 35.5. The van der Waals surface area contributed by atoms with Crippen molar-refractivity contribution in [2.24, 2.45) is 17.6 Å². The van der Waals surface area contributed by atoms with E-state index in [2.05, 4.69) is 6.92 Å². The summed E-state index contributed by atoms with van der Waals surface area (Å²) in [5, 5.41) is 0.174. The van der Waals surface area contributed by atoms with Gasteiger partial charge >= 0.3 is 0 Å². The van der Waals surface area contributed by atoms with Gasteiger partial charge < -0.3 is 5.73 Å². The molecule has 1 aromatic rings. The number of nitrogens with two attached hydrogens (primary N) is 1. The zero-order valence-corrected chi connectivity index (χ0v) is 10.2. The van der Waals surface area contributed by atoms with E-state index in [1.807, 2.05) is 6.07 Å². The third kappa shape index (κ3) is 2.74. The van der Waals surface area contributed by atoms with Crippen molar-refractivity contribution in [2.45, 2.75) is 32.2 Å². The van der Waals surface area contributed by atoms with Gasteiger partial charge in [-0.1, -0.05) is 24.6 Å². The number of hydrogen-bond donors (Lipinski definition) is 1. The van der Waals surface area contributed by atoms with Gasteiger partial charge in [0.1, 0.15) is 5.82 Å². The molecule has 2 rings (SSSR count). The van der Waals surface area contributed by atoms with E-state index in [-0.39, 0.29) is 16.9 Å². The SMILES string of the molecule is CC(C(N)Cc1ccc(Cl)c(F)c1)C1CC1. The Kier molecular flexibility index (Phi) is 3.50. The van der Waals surface area contributed by atoms with E-state index < -0.39 is 0 Å². The Morgan fingerprint density at radius 3 is 2.75 bits per heavy atom. The van der Waals surface area contributed by atoms with E-state index in [0.29, 0.717) is 5.92 Å². The van der Waals surface area contributed by atoms with Crippen LogP contribution in [0, 0.1) is 17.7 Å². The topological polar surface area (TPSA) is 26.0 Å². The average molecular weight is 242 g/mol. The Morgan fingerprint density at radius 2 is 2.19 bits per heavy atom. The smallest absolute Gasteiger partial charge is 0.142 e. The Labute approximate surface area is 101 Å². The molecule has 0 aromatic heterocycles. The van der Waals surface area contributed by atoms with Crippen molar-refractivity contribution in [3.63, 3.8) is 0 Å². The Balaban J connectivity index is 1.99. The van der Waals surface area contributed by atoms with E-state index in [0.717, 1.165) is 17.9 Å². The normalized spacial score (nSPS) is 19.5. The van der Waals surface area contributed by atoms with Gasteiger partial charge in [-0.05, 0) is 48.8 Å². The van der Waals surface area contributed by atoms with Crippen LogP contribution in [-0.4, -0.2) is 6.04 Å². The fourth-order valence-corrected chi connectivity index (χ4v) is 2.21. The van der Waals surface area contributed by atoms with Gasteiger partial charge in [0.2, 0.25) is 0 Å². The molecule has 1 aromatic carbocycles. The molecule has 0 heterocycles. The van der Waals surface area contributed by atoms with Crippen LogP contribution in [0.25, 0.3) is 0 Å². The van der Waals surface area contributed by atoms with Crippen molar-refractivity contribution in [3.05, 3.63) is 34.6 Å². The summed E-state index contributed by atoms with van der Waals surface area (Å²) >= 11 is 5.63. The number of rotatable bonds is 4. The molecule has 2 N–H and O–H groups in total. The minimum Gasteiger partial charge on any atom is -0.327 e. The number of benzene rings is 1. The molecule has 0 spiro atoms. The number of hydrogen-bond acceptors (Lipinski definition) is 1. The second kappa shape index (κ2) is 4.72. The fraction of sp³-hybridized carbons (Fsp3) is 0.538. The molecule has 0 bridgehead atoms. The van der Waals surface area contributed by atoms with Crippen molar-refractivity contribution in [1.82, 2.24) is 0 Å². The maximum absolute atomic E-state index is 13.2. The molecule has 0 saturated heterocycles. The highest BCUT2D eigenvalue weighted by molar-refractivity contribution is 6.30. The molecule has 88 valence electrons. The van der Waals surface area contributed by atoms with Crippen LogP contribution >= 0.6 is 11.6 Å². The summed E-state index contributed by atoms with van der Waals surface area (Å²) in [6.07, 6.45) is 3.32. The first-order chi connectivity index (χ1) is 7.58. The van der Waals surface area contributed by atoms with Gasteiger partial charge in [0.05, 0.1) is 5.02 Å². The van der Waals surface area contributed by atoms with Crippen LogP contribution in [0.5, 0.6) is 0 Å². The molecule has 0 radical (unpaired) electrons. The first-order valence-electron chi connectivity index (χ1n) is 5.77. The molecule has 2 atom stereocenters. The molecule has 3 heteroatoms. The van der Waals surface area contributed by atoms with Crippen molar-refractivity contribution >= 4 is 11.6 Å². The lowest BCUT2D eigenvalue weighted by Crippen LogP contribution is -2.31. The lowest BCUT2D eigenvalue weighted by atomic mass is 9.92. The Bertz CT molecular complexity index is 376. The van der Waals surface area contributed by atoms with Crippen LogP contribution in [0.15, 0.2) is 18.2 Å². The van der Waals surface area contributed by atoms with E-state index in [1.54, 1.807) is 6.07 Å². The summed E-state index contributed by atoms with van der Waals surface area (Å²) < 4.78 is 13.2. The first-order valence-corrected chi connectivity index (χ1v) is 6.15. The van der Waals surface area contributed by atoms with Gasteiger partial charge in [0.15, 0.2) is 0 Å². The molecule has 1 saturated carbocycles. The largest absolute Gasteiger partial charge is 0.327 e. The summed E-state index contributed by atoms with van der Waals surface area (Å²) in [6.45, 7) is 2.19. The lowest BCUT2D eigenvalue weighted by Gasteiger charge is -2.19. The monoisotopic (exact) mass is 241 g/mol. The van der Waals surface area contributed by atoms with E-state index in [1.165, 1.54) is 18.9 Å². The fourth-order valence-electron chi connectivity index (χ4n) is 2.10. The molecule has 1 fully saturated rings. The molecule has 1 nitrogen and oxygen atoms in total. The molecule has 2 unspecified atom stereocenters. The van der Waals surface area contributed by atoms with E-state index in [4.69, 9.17) is 17.3 Å². The summed E-state index contributed by atoms with van der Waals surface area (Å²) in [5.41, 5.74) is 7.06. The summed E-state index contributed by atoms with van der Waals surface area (Å²) in [5.74, 6) is 0.955. The third-order valence-electron chi connectivity index (χ3n) is 3.50. The quantitative estimate of drug-likeness (QED) is 0.859. The predicted octanol–water partition coefficient (Wildman–Crippen LogP) is 3.40. The highest BCUT2D eigenvalue weighted by Crippen LogP contribution is 2.38. The van der Waals surface area contributed by atoms with Gasteiger partial charge in [-0.3, -0.25) is 0 Å². The van der Waals surface area contributed by atoms with Crippen molar-refractivity contribution in [2.75, 3.05) is 0 Å². The van der Waals surface area contributed by atoms with Gasteiger partial charge in [-0.25, -0.2) is 4.39 Å². The molecular weight excluding hydrogens is 225 g/mol. The maximum Gasteiger partial charge on any atom is 0.142 e. The second-order valence-electron chi connectivity index (χ2n) is 4.81. The third-order valence-corrected chi connectivity index (χ3v) is 3.80. The molecule has 1 aliphatic rings. The summed E-state index contributed by atoms with van der Waals surface area (Å²) in [7, 11) is 0. The highest BCUT2D eigenvalue weighted by Gasteiger charge is 2.31. The summed E-state index contributed by atoms with van der Waals surface area (Å²) in [4.78, 5) is 0. The van der Waals surface area contributed by atoms with Crippen LogP contribution in [-0.2, 0) is 6.42 Å². The average Bonchev–Trinajstić information content (AvgIpc) is 3.06. The molecule has 0 aliphatic heterocycles. The van der Waals surface area contributed by atoms with Crippen LogP contribution in [0.1, 0.15) is 25.3 Å². The van der Waals surface area contributed by atoms with Gasteiger partial charge in [-0.15, -0.1) is 0 Å². The second-order valence-corrected chi connectivity index (χ2v) is 5.22. The zero-order chi connectivity index (χ0) is 11.7. The van der Waals surface area contributed by atoms with Crippen molar-refractivity contribution in [1.29, 1.82) is 0 Å². The minimum absolute atomic E-state index is 0.119. The first kappa shape index (κ1) is 11.9. The lowest BCUT2D eigenvalue weighted by molar-refractivity contribution is 0.404. The van der Waals surface area contributed by atoms with Crippen LogP contribution < -0.4 is 5.73 Å². The number of halogens is 2. The zero-order valence-electron chi connectivity index (χ0n) is 9.42. The van der Waals surface area contributed by atoms with Gasteiger partial charge in [0.25, 0.3) is 0 Å². The predicted molar refractivity (Wildman–Crippen MR) is 65.0 cm³/mol.